The van der Waals surface area contributed by atoms with Gasteiger partial charge in [-0.1, -0.05) is 0 Å². The van der Waals surface area contributed by atoms with Gasteiger partial charge in [0, 0.05) is 30.5 Å². The Morgan fingerprint density at radius 1 is 1.20 bits per heavy atom. The highest BCUT2D eigenvalue weighted by Gasteiger charge is 2.24. The number of nitrogens with zero attached hydrogens (tertiary/aromatic N) is 1. The lowest BCUT2D eigenvalue weighted by Gasteiger charge is -2.25. The molecule has 0 saturated carbocycles. The smallest absolute Gasteiger partial charge is 0.152 e. The minimum atomic E-state index is -2.85. The lowest BCUT2D eigenvalue weighted by atomic mass is 10.1. The van der Waals surface area contributed by atoms with Crippen LogP contribution in [0.1, 0.15) is 26.7 Å². The zero-order chi connectivity index (χ0) is 14.6. The van der Waals surface area contributed by atoms with Crippen LogP contribution in [-0.2, 0) is 9.84 Å². The third kappa shape index (κ3) is 3.88. The van der Waals surface area contributed by atoms with Crippen molar-refractivity contribution in [2.75, 3.05) is 34.8 Å². The Hall–Kier alpha value is -1.23. The molecule has 0 bridgehead atoms. The summed E-state index contributed by atoms with van der Waals surface area (Å²) in [5.74, 6) is 0.594. The lowest BCUT2D eigenvalue weighted by Crippen LogP contribution is -2.34. The van der Waals surface area contributed by atoms with Crippen molar-refractivity contribution in [2.24, 2.45) is 0 Å². The number of nitrogens with one attached hydrogen (secondary N) is 1. The van der Waals surface area contributed by atoms with Crippen molar-refractivity contribution in [3.8, 4) is 0 Å². The summed E-state index contributed by atoms with van der Waals surface area (Å²) in [7, 11) is -2.85. The second-order valence-electron chi connectivity index (χ2n) is 5.32. The summed E-state index contributed by atoms with van der Waals surface area (Å²) < 4.78 is 23.3. The number of hydrogen-bond acceptors (Lipinski definition) is 4. The Bertz CT molecular complexity index is 521. The number of benzene rings is 1. The van der Waals surface area contributed by atoms with Crippen molar-refractivity contribution in [1.82, 2.24) is 0 Å². The Morgan fingerprint density at radius 2 is 1.85 bits per heavy atom. The molecular weight excluding hydrogens is 272 g/mol. The van der Waals surface area contributed by atoms with Gasteiger partial charge < -0.3 is 10.2 Å². The van der Waals surface area contributed by atoms with Gasteiger partial charge in [-0.2, -0.15) is 0 Å². The van der Waals surface area contributed by atoms with E-state index in [-0.39, 0.29) is 11.8 Å². The molecule has 4 nitrogen and oxygen atoms in total. The minimum Gasteiger partial charge on any atom is -0.381 e. The molecule has 5 heteroatoms. The molecule has 0 aromatic heterocycles. The third-order valence-corrected chi connectivity index (χ3v) is 5.65. The van der Waals surface area contributed by atoms with Gasteiger partial charge in [0.1, 0.15) is 0 Å². The molecule has 1 heterocycles. The first kappa shape index (κ1) is 15.2. The Labute approximate surface area is 122 Å². The van der Waals surface area contributed by atoms with Gasteiger partial charge in [0.15, 0.2) is 9.84 Å². The number of sulfone groups is 1. The highest BCUT2D eigenvalue weighted by Crippen LogP contribution is 2.21. The summed E-state index contributed by atoms with van der Waals surface area (Å²) in [5, 5.41) is 3.34. The Morgan fingerprint density at radius 3 is 2.40 bits per heavy atom. The first-order valence-electron chi connectivity index (χ1n) is 7.36. The van der Waals surface area contributed by atoms with Crippen LogP contribution in [0.5, 0.6) is 0 Å². The van der Waals surface area contributed by atoms with Gasteiger partial charge in [-0.15, -0.1) is 0 Å². The molecule has 112 valence electrons. The summed E-state index contributed by atoms with van der Waals surface area (Å²) in [5.41, 5.74) is 2.21. The van der Waals surface area contributed by atoms with E-state index in [9.17, 15) is 8.42 Å². The fourth-order valence-corrected chi connectivity index (χ4v) is 4.37. The molecular formula is C15H24N2O2S. The monoisotopic (exact) mass is 296 g/mol. The molecule has 1 aromatic carbocycles. The fourth-order valence-electron chi connectivity index (χ4n) is 2.73. The van der Waals surface area contributed by atoms with Crippen LogP contribution in [0.15, 0.2) is 24.3 Å². The Kier molecular flexibility index (Phi) is 4.91. The minimum absolute atomic E-state index is 0.0491. The van der Waals surface area contributed by atoms with Gasteiger partial charge in [-0.05, 0) is 51.0 Å². The summed E-state index contributed by atoms with van der Waals surface area (Å²) in [6.07, 6.45) is 1.69. The van der Waals surface area contributed by atoms with Gasteiger partial charge in [-0.3, -0.25) is 0 Å². The van der Waals surface area contributed by atoms with Crippen LogP contribution in [0.25, 0.3) is 0 Å². The normalized spacial score (nSPS) is 21.4. The van der Waals surface area contributed by atoms with E-state index < -0.39 is 9.84 Å². The summed E-state index contributed by atoms with van der Waals surface area (Å²) >= 11 is 0. The van der Waals surface area contributed by atoms with Gasteiger partial charge in [0.2, 0.25) is 0 Å². The summed E-state index contributed by atoms with van der Waals surface area (Å²) in [6, 6.07) is 8.30. The molecule has 1 aliphatic heterocycles. The molecule has 0 spiro atoms. The average molecular weight is 296 g/mol. The van der Waals surface area contributed by atoms with Crippen LogP contribution < -0.4 is 10.2 Å². The molecule has 1 fully saturated rings. The van der Waals surface area contributed by atoms with Gasteiger partial charge in [0.05, 0.1) is 11.5 Å². The molecule has 0 radical (unpaired) electrons. The highest BCUT2D eigenvalue weighted by atomic mass is 32.2. The SMILES string of the molecule is CCN(CC)c1ccc(NC2CCCS(=O)(=O)C2)cc1. The van der Waals surface area contributed by atoms with Crippen molar-refractivity contribution in [2.45, 2.75) is 32.7 Å². The predicted molar refractivity (Wildman–Crippen MR) is 85.3 cm³/mol. The maximum atomic E-state index is 11.6. The first-order valence-corrected chi connectivity index (χ1v) is 9.18. The standard InChI is InChI=1S/C15H24N2O2S/c1-3-17(4-2)15-9-7-13(8-10-15)16-14-6-5-11-20(18,19)12-14/h7-10,14,16H,3-6,11-12H2,1-2H3. The largest absolute Gasteiger partial charge is 0.381 e. The topological polar surface area (TPSA) is 49.4 Å². The van der Waals surface area contributed by atoms with E-state index in [1.54, 1.807) is 0 Å². The molecule has 1 atom stereocenters. The maximum absolute atomic E-state index is 11.6. The van der Waals surface area contributed by atoms with Crippen LogP contribution in [-0.4, -0.2) is 39.1 Å². The second-order valence-corrected chi connectivity index (χ2v) is 7.55. The molecule has 2 rings (SSSR count). The number of anilines is 2. The molecule has 0 amide bonds. The second kappa shape index (κ2) is 6.48. The molecule has 1 saturated heterocycles. The third-order valence-electron chi connectivity index (χ3n) is 3.83. The van der Waals surface area contributed by atoms with Crippen LogP contribution in [0.4, 0.5) is 11.4 Å². The van der Waals surface area contributed by atoms with Crippen LogP contribution in [0.3, 0.4) is 0 Å². The average Bonchev–Trinajstić information content (AvgIpc) is 2.41. The van der Waals surface area contributed by atoms with Crippen LogP contribution in [0, 0.1) is 0 Å². The van der Waals surface area contributed by atoms with Gasteiger partial charge in [0.25, 0.3) is 0 Å². The van der Waals surface area contributed by atoms with Gasteiger partial charge >= 0.3 is 0 Å². The van der Waals surface area contributed by atoms with Gasteiger partial charge in [-0.25, -0.2) is 8.42 Å². The molecule has 1 aromatic rings. The van der Waals surface area contributed by atoms with E-state index >= 15 is 0 Å². The first-order chi connectivity index (χ1) is 9.54. The van der Waals surface area contributed by atoms with E-state index in [4.69, 9.17) is 0 Å². The van der Waals surface area contributed by atoms with E-state index in [0.717, 1.165) is 31.6 Å². The van der Waals surface area contributed by atoms with E-state index in [2.05, 4.69) is 36.2 Å². The van der Waals surface area contributed by atoms with E-state index in [1.165, 1.54) is 5.69 Å². The van der Waals surface area contributed by atoms with Crippen molar-refractivity contribution in [3.63, 3.8) is 0 Å². The Balaban J connectivity index is 2.00. The predicted octanol–water partition coefficient (Wildman–Crippen LogP) is 2.52. The quantitative estimate of drug-likeness (QED) is 0.907. The molecule has 1 unspecified atom stereocenters. The van der Waals surface area contributed by atoms with Crippen LogP contribution in [0.2, 0.25) is 0 Å². The zero-order valence-electron chi connectivity index (χ0n) is 12.3. The summed E-state index contributed by atoms with van der Waals surface area (Å²) in [6.45, 7) is 6.26. The molecule has 20 heavy (non-hydrogen) atoms. The van der Waals surface area contributed by atoms with E-state index in [0.29, 0.717) is 5.75 Å². The zero-order valence-corrected chi connectivity index (χ0v) is 13.1. The van der Waals surface area contributed by atoms with Crippen LogP contribution >= 0.6 is 0 Å². The lowest BCUT2D eigenvalue weighted by molar-refractivity contribution is 0.562. The van der Waals surface area contributed by atoms with Crippen molar-refractivity contribution in [3.05, 3.63) is 24.3 Å². The van der Waals surface area contributed by atoms with Crippen molar-refractivity contribution < 1.29 is 8.42 Å². The molecule has 0 aliphatic carbocycles. The molecule has 1 N–H and O–H groups in total. The number of hydrogen-bond donors (Lipinski definition) is 1. The maximum Gasteiger partial charge on any atom is 0.152 e. The fraction of sp³-hybridized carbons (Fsp3) is 0.600. The van der Waals surface area contributed by atoms with Crippen molar-refractivity contribution in [1.29, 1.82) is 0 Å². The molecule has 1 aliphatic rings. The van der Waals surface area contributed by atoms with Crippen molar-refractivity contribution >= 4 is 21.2 Å². The number of rotatable bonds is 5. The highest BCUT2D eigenvalue weighted by molar-refractivity contribution is 7.91. The summed E-state index contributed by atoms with van der Waals surface area (Å²) in [4.78, 5) is 2.29. The van der Waals surface area contributed by atoms with E-state index in [1.807, 2.05) is 12.1 Å².